The minimum absolute atomic E-state index is 0.115. The second-order valence-electron chi connectivity index (χ2n) is 6.01. The molecule has 3 N–H and O–H groups in total. The fourth-order valence-corrected chi connectivity index (χ4v) is 2.69. The van der Waals surface area contributed by atoms with Crippen molar-refractivity contribution in [2.75, 3.05) is 6.61 Å². The third kappa shape index (κ3) is 4.10. The molecule has 0 radical (unpaired) electrons. The molecule has 3 rings (SSSR count). The Kier molecular flexibility index (Phi) is 5.34. The van der Waals surface area contributed by atoms with E-state index in [1.807, 2.05) is 30.3 Å². The average molecular weight is 353 g/mol. The van der Waals surface area contributed by atoms with Crippen molar-refractivity contribution in [3.8, 4) is 11.3 Å². The molecule has 1 unspecified atom stereocenters. The number of carboxylic acid groups (broad SMARTS) is 1. The summed E-state index contributed by atoms with van der Waals surface area (Å²) in [6.45, 7) is -0.309. The van der Waals surface area contributed by atoms with Gasteiger partial charge in [0.2, 0.25) is 0 Å². The number of carboxylic acids is 1. The molecule has 134 valence electrons. The SMILES string of the molecule is O=C(O)CCC(CO)NC(=O)c1ccc(-c2cc3ccccc3o2)cc1. The summed E-state index contributed by atoms with van der Waals surface area (Å²) in [6, 6.07) is 16.0. The van der Waals surface area contributed by atoms with E-state index < -0.39 is 12.0 Å². The van der Waals surface area contributed by atoms with Crippen LogP contribution in [0.2, 0.25) is 0 Å². The molecular formula is C20H19NO5. The number of amides is 1. The van der Waals surface area contributed by atoms with Crippen molar-refractivity contribution >= 4 is 22.8 Å². The van der Waals surface area contributed by atoms with E-state index in [-0.39, 0.29) is 25.4 Å². The monoisotopic (exact) mass is 353 g/mol. The Morgan fingerprint density at radius 3 is 2.46 bits per heavy atom. The molecule has 26 heavy (non-hydrogen) atoms. The van der Waals surface area contributed by atoms with Gasteiger partial charge in [0.05, 0.1) is 12.6 Å². The molecule has 0 bridgehead atoms. The van der Waals surface area contributed by atoms with Crippen molar-refractivity contribution in [1.29, 1.82) is 0 Å². The van der Waals surface area contributed by atoms with Gasteiger partial charge in [-0.15, -0.1) is 0 Å². The molecule has 1 amide bonds. The van der Waals surface area contributed by atoms with Crippen LogP contribution >= 0.6 is 0 Å². The van der Waals surface area contributed by atoms with Crippen LogP contribution in [0.1, 0.15) is 23.2 Å². The van der Waals surface area contributed by atoms with Crippen molar-refractivity contribution in [3.05, 3.63) is 60.2 Å². The first-order valence-electron chi connectivity index (χ1n) is 8.29. The summed E-state index contributed by atoms with van der Waals surface area (Å²) in [6.07, 6.45) is 0.0607. The number of carbonyl (C=O) groups excluding carboxylic acids is 1. The fourth-order valence-electron chi connectivity index (χ4n) is 2.69. The van der Waals surface area contributed by atoms with Crippen molar-refractivity contribution in [2.45, 2.75) is 18.9 Å². The van der Waals surface area contributed by atoms with Gasteiger partial charge in [0.15, 0.2) is 0 Å². The van der Waals surface area contributed by atoms with Gasteiger partial charge in [0.1, 0.15) is 11.3 Å². The van der Waals surface area contributed by atoms with E-state index in [2.05, 4.69) is 5.32 Å². The van der Waals surface area contributed by atoms with E-state index in [1.165, 1.54) is 0 Å². The topological polar surface area (TPSA) is 99.8 Å². The molecule has 1 heterocycles. The summed E-state index contributed by atoms with van der Waals surface area (Å²) in [5, 5.41) is 21.6. The van der Waals surface area contributed by atoms with Crippen LogP contribution in [-0.2, 0) is 4.79 Å². The second kappa shape index (κ2) is 7.84. The van der Waals surface area contributed by atoms with E-state index in [9.17, 15) is 14.7 Å². The summed E-state index contributed by atoms with van der Waals surface area (Å²) in [5.74, 6) is -0.605. The number of carbonyl (C=O) groups is 2. The minimum atomic E-state index is -0.965. The van der Waals surface area contributed by atoms with Gasteiger partial charge in [0, 0.05) is 22.9 Å². The summed E-state index contributed by atoms with van der Waals surface area (Å²) in [4.78, 5) is 22.9. The molecule has 0 aliphatic rings. The zero-order valence-corrected chi connectivity index (χ0v) is 14.0. The number of aliphatic carboxylic acids is 1. The lowest BCUT2D eigenvalue weighted by molar-refractivity contribution is -0.137. The Labute approximate surface area is 150 Å². The highest BCUT2D eigenvalue weighted by molar-refractivity contribution is 5.95. The Hall–Kier alpha value is -3.12. The van der Waals surface area contributed by atoms with Crippen LogP contribution in [0.5, 0.6) is 0 Å². The maximum absolute atomic E-state index is 12.3. The third-order valence-corrected chi connectivity index (χ3v) is 4.12. The normalized spacial score (nSPS) is 12.0. The summed E-state index contributed by atoms with van der Waals surface area (Å²) in [5.41, 5.74) is 2.08. The largest absolute Gasteiger partial charge is 0.481 e. The Morgan fingerprint density at radius 1 is 1.08 bits per heavy atom. The molecule has 3 aromatic rings. The Bertz CT molecular complexity index is 880. The van der Waals surface area contributed by atoms with Crippen molar-refractivity contribution in [3.63, 3.8) is 0 Å². The van der Waals surface area contributed by atoms with Crippen molar-refractivity contribution in [2.24, 2.45) is 0 Å². The summed E-state index contributed by atoms with van der Waals surface area (Å²) in [7, 11) is 0. The van der Waals surface area contributed by atoms with E-state index in [0.29, 0.717) is 11.3 Å². The first kappa shape index (κ1) is 17.7. The molecule has 0 saturated heterocycles. The number of hydrogen-bond acceptors (Lipinski definition) is 4. The Morgan fingerprint density at radius 2 is 1.81 bits per heavy atom. The van der Waals surface area contributed by atoms with Crippen LogP contribution < -0.4 is 5.32 Å². The number of benzene rings is 2. The quantitative estimate of drug-likeness (QED) is 0.606. The smallest absolute Gasteiger partial charge is 0.303 e. The van der Waals surface area contributed by atoms with Crippen molar-refractivity contribution < 1.29 is 24.2 Å². The van der Waals surface area contributed by atoms with Gasteiger partial charge in [-0.05, 0) is 30.7 Å². The molecule has 0 aliphatic carbocycles. The number of nitrogens with one attached hydrogen (secondary N) is 1. The lowest BCUT2D eigenvalue weighted by Gasteiger charge is -2.15. The summed E-state index contributed by atoms with van der Waals surface area (Å²) < 4.78 is 5.80. The molecular weight excluding hydrogens is 334 g/mol. The highest BCUT2D eigenvalue weighted by Gasteiger charge is 2.15. The van der Waals surface area contributed by atoms with Crippen LogP contribution in [0.15, 0.2) is 59.0 Å². The Balaban J connectivity index is 1.70. The molecule has 6 heteroatoms. The molecule has 1 aromatic heterocycles. The molecule has 0 spiro atoms. The molecule has 0 saturated carbocycles. The van der Waals surface area contributed by atoms with Gasteiger partial charge in [-0.1, -0.05) is 30.3 Å². The zero-order chi connectivity index (χ0) is 18.5. The number of rotatable bonds is 7. The van der Waals surface area contributed by atoms with Crippen LogP contribution in [0.3, 0.4) is 0 Å². The summed E-state index contributed by atoms with van der Waals surface area (Å²) >= 11 is 0. The maximum atomic E-state index is 12.3. The minimum Gasteiger partial charge on any atom is -0.481 e. The van der Waals surface area contributed by atoms with Gasteiger partial charge in [-0.3, -0.25) is 9.59 Å². The number of para-hydroxylation sites is 1. The zero-order valence-electron chi connectivity index (χ0n) is 14.0. The fraction of sp³-hybridized carbons (Fsp3) is 0.200. The van der Waals surface area contributed by atoms with Gasteiger partial charge in [0.25, 0.3) is 5.91 Å². The highest BCUT2D eigenvalue weighted by Crippen LogP contribution is 2.27. The number of aliphatic hydroxyl groups excluding tert-OH is 1. The number of hydrogen-bond donors (Lipinski definition) is 3. The molecule has 6 nitrogen and oxygen atoms in total. The van der Waals surface area contributed by atoms with E-state index in [1.54, 1.807) is 24.3 Å². The molecule has 1 atom stereocenters. The maximum Gasteiger partial charge on any atom is 0.303 e. The highest BCUT2D eigenvalue weighted by atomic mass is 16.4. The van der Waals surface area contributed by atoms with E-state index >= 15 is 0 Å². The van der Waals surface area contributed by atoms with Crippen LogP contribution in [0.25, 0.3) is 22.3 Å². The van der Waals surface area contributed by atoms with Crippen molar-refractivity contribution in [1.82, 2.24) is 5.32 Å². The van der Waals surface area contributed by atoms with E-state index in [4.69, 9.17) is 9.52 Å². The molecule has 2 aromatic carbocycles. The van der Waals surface area contributed by atoms with Crippen LogP contribution in [0, 0.1) is 0 Å². The second-order valence-corrected chi connectivity index (χ2v) is 6.01. The van der Waals surface area contributed by atoms with Gasteiger partial charge in [-0.2, -0.15) is 0 Å². The predicted octanol–water partition coefficient (Wildman–Crippen LogP) is 3.06. The van der Waals surface area contributed by atoms with Gasteiger partial charge in [-0.25, -0.2) is 0 Å². The molecule has 0 fully saturated rings. The van der Waals surface area contributed by atoms with Gasteiger partial charge >= 0.3 is 5.97 Å². The number of furan rings is 1. The van der Waals surface area contributed by atoms with Gasteiger partial charge < -0.3 is 19.9 Å². The molecule has 0 aliphatic heterocycles. The standard InChI is InChI=1S/C20H19NO5/c22-12-16(9-10-19(23)24)21-20(25)14-7-5-13(6-8-14)18-11-15-3-1-2-4-17(15)26-18/h1-8,11,16,22H,9-10,12H2,(H,21,25)(H,23,24). The lowest BCUT2D eigenvalue weighted by atomic mass is 10.1. The third-order valence-electron chi connectivity index (χ3n) is 4.12. The first-order chi connectivity index (χ1) is 12.6. The van der Waals surface area contributed by atoms with Crippen LogP contribution in [-0.4, -0.2) is 34.7 Å². The van der Waals surface area contributed by atoms with E-state index in [0.717, 1.165) is 16.5 Å². The lowest BCUT2D eigenvalue weighted by Crippen LogP contribution is -2.37. The number of fused-ring (bicyclic) bond motifs is 1. The van der Waals surface area contributed by atoms with Crippen LogP contribution in [0.4, 0.5) is 0 Å². The number of aliphatic hydroxyl groups is 1. The average Bonchev–Trinajstić information content (AvgIpc) is 3.09. The predicted molar refractivity (Wildman–Crippen MR) is 96.9 cm³/mol. The first-order valence-corrected chi connectivity index (χ1v) is 8.29.